The molecule has 0 spiro atoms. The summed E-state index contributed by atoms with van der Waals surface area (Å²) in [7, 11) is -3.75. The fourth-order valence-corrected chi connectivity index (χ4v) is 4.93. The van der Waals surface area contributed by atoms with Gasteiger partial charge in [-0.15, -0.1) is 0 Å². The van der Waals surface area contributed by atoms with Crippen LogP contribution in [0.5, 0.6) is 5.75 Å². The molecule has 1 heterocycles. The highest BCUT2D eigenvalue weighted by atomic mass is 32.2. The van der Waals surface area contributed by atoms with Gasteiger partial charge in [-0.1, -0.05) is 23.4 Å². The van der Waals surface area contributed by atoms with Crippen molar-refractivity contribution < 1.29 is 27.9 Å². The minimum atomic E-state index is -3.75. The molecule has 3 aromatic rings. The smallest absolute Gasteiger partial charge is 0.304 e. The van der Waals surface area contributed by atoms with E-state index in [9.17, 15) is 18.3 Å². The van der Waals surface area contributed by atoms with Gasteiger partial charge >= 0.3 is 5.97 Å². The first kappa shape index (κ1) is 21.5. The standard InChI is InChI=1S/C21H18N4O6S/c22-11-13-10-12(4-7-18(13)26)21-23-20(24-31-21)16-3-1-2-15-14(16)5-6-17(15)25-32(29,30)9-8-19(27)28/h1-4,7,10,17,25-26H,5-6,8-9H2,(H,27,28). The van der Waals surface area contributed by atoms with Crippen LogP contribution in [0, 0.1) is 11.3 Å². The number of nitrogens with one attached hydrogen (secondary N) is 1. The number of hydrogen-bond donors (Lipinski definition) is 3. The highest BCUT2D eigenvalue weighted by Gasteiger charge is 2.29. The number of carboxylic acids is 1. The first-order valence-corrected chi connectivity index (χ1v) is 11.3. The Morgan fingerprint density at radius 2 is 2.12 bits per heavy atom. The summed E-state index contributed by atoms with van der Waals surface area (Å²) in [5.41, 5.74) is 2.93. The maximum atomic E-state index is 12.2. The summed E-state index contributed by atoms with van der Waals surface area (Å²) in [5.74, 6) is -1.31. The Bertz CT molecular complexity index is 1340. The maximum Gasteiger partial charge on any atom is 0.304 e. The third-order valence-electron chi connectivity index (χ3n) is 5.21. The number of carboxylic acid groups (broad SMARTS) is 1. The number of phenolic OH excluding ortho intramolecular Hbond substituents is 1. The summed E-state index contributed by atoms with van der Waals surface area (Å²) in [6.45, 7) is 0. The molecule has 11 heteroatoms. The minimum Gasteiger partial charge on any atom is -0.507 e. The van der Waals surface area contributed by atoms with Gasteiger partial charge in [0.05, 0.1) is 17.7 Å². The van der Waals surface area contributed by atoms with Crippen LogP contribution in [0.25, 0.3) is 22.8 Å². The van der Waals surface area contributed by atoms with Crippen LogP contribution < -0.4 is 4.72 Å². The van der Waals surface area contributed by atoms with E-state index in [-0.39, 0.29) is 17.2 Å². The van der Waals surface area contributed by atoms with E-state index in [4.69, 9.17) is 14.9 Å². The Hall–Kier alpha value is -3.75. The molecule has 1 atom stereocenters. The first-order chi connectivity index (χ1) is 15.3. The van der Waals surface area contributed by atoms with Gasteiger partial charge in [0, 0.05) is 17.2 Å². The lowest BCUT2D eigenvalue weighted by Crippen LogP contribution is -2.30. The Labute approximate surface area is 183 Å². The quantitative estimate of drug-likeness (QED) is 0.485. The summed E-state index contributed by atoms with van der Waals surface area (Å²) in [6, 6.07) is 11.2. The van der Waals surface area contributed by atoms with Crippen LogP contribution in [0.3, 0.4) is 0 Å². The largest absolute Gasteiger partial charge is 0.507 e. The molecule has 10 nitrogen and oxygen atoms in total. The van der Waals surface area contributed by atoms with Gasteiger partial charge in [-0.05, 0) is 42.2 Å². The van der Waals surface area contributed by atoms with Crippen molar-refractivity contribution in [1.29, 1.82) is 5.26 Å². The number of nitriles is 1. The molecule has 3 N–H and O–H groups in total. The van der Waals surface area contributed by atoms with Crippen LogP contribution in [0.4, 0.5) is 0 Å². The van der Waals surface area contributed by atoms with Gasteiger partial charge in [-0.3, -0.25) is 4.79 Å². The van der Waals surface area contributed by atoms with Crippen molar-refractivity contribution in [1.82, 2.24) is 14.9 Å². The maximum absolute atomic E-state index is 12.2. The van der Waals surface area contributed by atoms with E-state index >= 15 is 0 Å². The topological polar surface area (TPSA) is 166 Å². The molecule has 0 saturated carbocycles. The van der Waals surface area contributed by atoms with Crippen LogP contribution in [0.15, 0.2) is 40.9 Å². The molecular weight excluding hydrogens is 436 g/mol. The van der Waals surface area contributed by atoms with Crippen molar-refractivity contribution in [2.75, 3.05) is 5.75 Å². The van der Waals surface area contributed by atoms with Crippen molar-refractivity contribution in [3.8, 4) is 34.7 Å². The molecule has 0 bridgehead atoms. The van der Waals surface area contributed by atoms with Crippen molar-refractivity contribution in [3.05, 3.63) is 53.1 Å². The lowest BCUT2D eigenvalue weighted by atomic mass is 10.0. The van der Waals surface area contributed by atoms with E-state index in [0.29, 0.717) is 29.8 Å². The van der Waals surface area contributed by atoms with E-state index in [1.165, 1.54) is 12.1 Å². The second-order valence-electron chi connectivity index (χ2n) is 7.31. The van der Waals surface area contributed by atoms with Gasteiger partial charge in [0.25, 0.3) is 5.89 Å². The Morgan fingerprint density at radius 1 is 1.31 bits per heavy atom. The number of sulfonamides is 1. The SMILES string of the molecule is N#Cc1cc(-c2nc(-c3cccc4c3CCC4NS(=O)(=O)CCC(=O)O)no2)ccc1O. The Morgan fingerprint density at radius 3 is 2.88 bits per heavy atom. The van der Waals surface area contributed by atoms with Crippen LogP contribution in [-0.4, -0.2) is 40.5 Å². The normalized spacial score (nSPS) is 15.3. The van der Waals surface area contributed by atoms with Gasteiger partial charge in [0.2, 0.25) is 15.8 Å². The van der Waals surface area contributed by atoms with Crippen molar-refractivity contribution in [2.24, 2.45) is 0 Å². The number of aromatic nitrogens is 2. The summed E-state index contributed by atoms with van der Waals surface area (Å²) in [4.78, 5) is 15.1. The molecule has 1 unspecified atom stereocenters. The third kappa shape index (κ3) is 4.32. The van der Waals surface area contributed by atoms with E-state index in [2.05, 4.69) is 14.9 Å². The summed E-state index contributed by atoms with van der Waals surface area (Å²) in [6.07, 6.45) is 0.636. The highest BCUT2D eigenvalue weighted by molar-refractivity contribution is 7.89. The van der Waals surface area contributed by atoms with Gasteiger partial charge in [0.15, 0.2) is 0 Å². The van der Waals surface area contributed by atoms with Gasteiger partial charge < -0.3 is 14.7 Å². The van der Waals surface area contributed by atoms with Crippen molar-refractivity contribution >= 4 is 16.0 Å². The second kappa shape index (κ2) is 8.41. The molecule has 0 saturated heterocycles. The van der Waals surface area contributed by atoms with E-state index in [0.717, 1.165) is 11.1 Å². The average Bonchev–Trinajstić information content (AvgIpc) is 3.40. The van der Waals surface area contributed by atoms with Crippen molar-refractivity contribution in [3.63, 3.8) is 0 Å². The van der Waals surface area contributed by atoms with E-state index < -0.39 is 34.2 Å². The van der Waals surface area contributed by atoms with Gasteiger partial charge in [-0.2, -0.15) is 10.2 Å². The lowest BCUT2D eigenvalue weighted by Gasteiger charge is -2.14. The number of rotatable bonds is 7. The molecule has 2 aromatic carbocycles. The fourth-order valence-electron chi connectivity index (χ4n) is 3.69. The number of aliphatic carboxylic acids is 1. The lowest BCUT2D eigenvalue weighted by molar-refractivity contribution is -0.136. The minimum absolute atomic E-state index is 0.0841. The molecule has 164 valence electrons. The number of hydrogen-bond acceptors (Lipinski definition) is 8. The molecule has 1 aliphatic carbocycles. The van der Waals surface area contributed by atoms with Crippen molar-refractivity contribution in [2.45, 2.75) is 25.3 Å². The van der Waals surface area contributed by atoms with Crippen LogP contribution in [0.1, 0.15) is 35.6 Å². The second-order valence-corrected chi connectivity index (χ2v) is 9.19. The summed E-state index contributed by atoms with van der Waals surface area (Å²) < 4.78 is 32.4. The number of nitrogens with zero attached hydrogens (tertiary/aromatic N) is 3. The average molecular weight is 454 g/mol. The summed E-state index contributed by atoms with van der Waals surface area (Å²) in [5, 5.41) is 31.5. The third-order valence-corrected chi connectivity index (χ3v) is 6.59. The Balaban J connectivity index is 1.61. The summed E-state index contributed by atoms with van der Waals surface area (Å²) >= 11 is 0. The number of fused-ring (bicyclic) bond motifs is 1. The van der Waals surface area contributed by atoms with Gasteiger partial charge in [-0.25, -0.2) is 13.1 Å². The number of benzene rings is 2. The number of aromatic hydroxyl groups is 1. The number of carbonyl (C=O) groups is 1. The Kier molecular flexibility index (Phi) is 5.65. The molecule has 0 radical (unpaired) electrons. The molecule has 1 aliphatic rings. The molecular formula is C21H18N4O6S. The molecule has 32 heavy (non-hydrogen) atoms. The zero-order valence-corrected chi connectivity index (χ0v) is 17.5. The van der Waals surface area contributed by atoms with Crippen LogP contribution >= 0.6 is 0 Å². The highest BCUT2D eigenvalue weighted by Crippen LogP contribution is 2.38. The molecule has 0 aliphatic heterocycles. The predicted molar refractivity (Wildman–Crippen MR) is 112 cm³/mol. The first-order valence-electron chi connectivity index (χ1n) is 9.68. The van der Waals surface area contributed by atoms with E-state index in [1.807, 2.05) is 18.2 Å². The molecule has 0 fully saturated rings. The zero-order chi connectivity index (χ0) is 22.9. The predicted octanol–water partition coefficient (Wildman–Crippen LogP) is 2.36. The molecule has 1 aromatic heterocycles. The molecule has 4 rings (SSSR count). The van der Waals surface area contributed by atoms with Gasteiger partial charge in [0.1, 0.15) is 11.8 Å². The molecule has 0 amide bonds. The fraction of sp³-hybridized carbons (Fsp3) is 0.238. The van der Waals surface area contributed by atoms with E-state index in [1.54, 1.807) is 12.1 Å². The van der Waals surface area contributed by atoms with Crippen LogP contribution in [0.2, 0.25) is 0 Å². The monoisotopic (exact) mass is 454 g/mol. The number of phenols is 1. The zero-order valence-electron chi connectivity index (χ0n) is 16.6. The van der Waals surface area contributed by atoms with Crippen LogP contribution in [-0.2, 0) is 21.2 Å².